The van der Waals surface area contributed by atoms with Crippen LogP contribution < -0.4 is 0 Å². The van der Waals surface area contributed by atoms with Crippen molar-refractivity contribution in [3.63, 3.8) is 0 Å². The lowest BCUT2D eigenvalue weighted by Gasteiger charge is -2.05. The zero-order valence-corrected chi connectivity index (χ0v) is 10.7. The summed E-state index contributed by atoms with van der Waals surface area (Å²) < 4.78 is 2.99. The van der Waals surface area contributed by atoms with Crippen LogP contribution in [0.15, 0.2) is 29.1 Å². The van der Waals surface area contributed by atoms with Crippen LogP contribution in [-0.2, 0) is 7.05 Å². The van der Waals surface area contributed by atoms with Gasteiger partial charge >= 0.3 is 0 Å². The standard InChI is InChI=1S/C12H13BrN2/c1-8-4-5-10(9(2)6-8)11-12(13)15(3)7-14-11/h4-7H,1-3H3. The average molecular weight is 265 g/mol. The van der Waals surface area contributed by atoms with E-state index in [9.17, 15) is 0 Å². The van der Waals surface area contributed by atoms with Crippen LogP contribution in [0.2, 0.25) is 0 Å². The molecule has 0 aliphatic heterocycles. The maximum Gasteiger partial charge on any atom is 0.112 e. The molecule has 0 N–H and O–H groups in total. The summed E-state index contributed by atoms with van der Waals surface area (Å²) in [7, 11) is 1.98. The average Bonchev–Trinajstić information content (AvgIpc) is 2.49. The maximum atomic E-state index is 4.39. The Morgan fingerprint density at radius 3 is 2.53 bits per heavy atom. The normalized spacial score (nSPS) is 10.7. The maximum absolute atomic E-state index is 4.39. The fourth-order valence-corrected chi connectivity index (χ4v) is 2.08. The zero-order chi connectivity index (χ0) is 11.0. The Morgan fingerprint density at radius 2 is 2.00 bits per heavy atom. The number of hydrogen-bond donors (Lipinski definition) is 0. The van der Waals surface area contributed by atoms with Gasteiger partial charge in [0.1, 0.15) is 10.3 Å². The van der Waals surface area contributed by atoms with E-state index < -0.39 is 0 Å². The van der Waals surface area contributed by atoms with E-state index in [1.165, 1.54) is 16.7 Å². The van der Waals surface area contributed by atoms with Crippen LogP contribution in [0.5, 0.6) is 0 Å². The molecule has 2 nitrogen and oxygen atoms in total. The fourth-order valence-electron chi connectivity index (χ4n) is 1.68. The molecule has 3 heteroatoms. The smallest absolute Gasteiger partial charge is 0.112 e. The van der Waals surface area contributed by atoms with Gasteiger partial charge in [-0.2, -0.15) is 0 Å². The Kier molecular flexibility index (Phi) is 2.65. The van der Waals surface area contributed by atoms with Crippen molar-refractivity contribution in [2.24, 2.45) is 7.05 Å². The molecule has 0 amide bonds. The molecule has 0 bridgehead atoms. The molecule has 0 aliphatic rings. The first-order chi connectivity index (χ1) is 7.09. The molecule has 0 unspecified atom stereocenters. The molecule has 2 rings (SSSR count). The molecule has 1 aromatic heterocycles. The first-order valence-corrected chi connectivity index (χ1v) is 5.63. The minimum Gasteiger partial charge on any atom is -0.328 e. The number of rotatable bonds is 1. The third-order valence-electron chi connectivity index (χ3n) is 2.50. The molecule has 0 saturated carbocycles. The second-order valence-corrected chi connectivity index (χ2v) is 4.56. The van der Waals surface area contributed by atoms with Crippen LogP contribution >= 0.6 is 15.9 Å². The van der Waals surface area contributed by atoms with Gasteiger partial charge in [-0.1, -0.05) is 23.8 Å². The number of hydrogen-bond acceptors (Lipinski definition) is 1. The lowest BCUT2D eigenvalue weighted by atomic mass is 10.0. The van der Waals surface area contributed by atoms with Crippen molar-refractivity contribution in [3.05, 3.63) is 40.3 Å². The predicted octanol–water partition coefficient (Wildman–Crippen LogP) is 3.47. The number of nitrogens with zero attached hydrogens (tertiary/aromatic N) is 2. The molecule has 2 aromatic rings. The molecule has 0 aliphatic carbocycles. The second kappa shape index (κ2) is 3.81. The number of benzene rings is 1. The van der Waals surface area contributed by atoms with Crippen molar-refractivity contribution in [1.82, 2.24) is 9.55 Å². The van der Waals surface area contributed by atoms with Gasteiger partial charge in [0.25, 0.3) is 0 Å². The van der Waals surface area contributed by atoms with Crippen molar-refractivity contribution in [2.45, 2.75) is 13.8 Å². The van der Waals surface area contributed by atoms with Gasteiger partial charge < -0.3 is 4.57 Å². The van der Waals surface area contributed by atoms with E-state index in [0.717, 1.165) is 10.3 Å². The molecular weight excluding hydrogens is 252 g/mol. The molecule has 0 radical (unpaired) electrons. The summed E-state index contributed by atoms with van der Waals surface area (Å²) in [6.07, 6.45) is 1.82. The summed E-state index contributed by atoms with van der Waals surface area (Å²) in [4.78, 5) is 4.39. The minimum atomic E-state index is 1.01. The molecule has 0 saturated heterocycles. The molecule has 1 heterocycles. The highest BCUT2D eigenvalue weighted by molar-refractivity contribution is 9.10. The summed E-state index contributed by atoms with van der Waals surface area (Å²) in [5.74, 6) is 0. The monoisotopic (exact) mass is 264 g/mol. The zero-order valence-electron chi connectivity index (χ0n) is 9.08. The van der Waals surface area contributed by atoms with E-state index in [4.69, 9.17) is 0 Å². The molecule has 1 aromatic carbocycles. The Hall–Kier alpha value is -1.09. The van der Waals surface area contributed by atoms with Gasteiger partial charge in [-0.3, -0.25) is 0 Å². The largest absolute Gasteiger partial charge is 0.328 e. The Labute approximate surface area is 98.1 Å². The van der Waals surface area contributed by atoms with Crippen LogP contribution in [0.4, 0.5) is 0 Å². The minimum absolute atomic E-state index is 1.01. The van der Waals surface area contributed by atoms with Gasteiger partial charge in [-0.25, -0.2) is 4.98 Å². The van der Waals surface area contributed by atoms with Crippen LogP contribution in [0, 0.1) is 13.8 Å². The van der Waals surface area contributed by atoms with Gasteiger partial charge in [-0.15, -0.1) is 0 Å². The van der Waals surface area contributed by atoms with E-state index in [1.54, 1.807) is 0 Å². The number of aromatic nitrogens is 2. The van der Waals surface area contributed by atoms with Crippen LogP contribution in [-0.4, -0.2) is 9.55 Å². The van der Waals surface area contributed by atoms with Gasteiger partial charge in [0.05, 0.1) is 6.33 Å². The molecule has 15 heavy (non-hydrogen) atoms. The van der Waals surface area contributed by atoms with E-state index in [0.29, 0.717) is 0 Å². The van der Waals surface area contributed by atoms with Crippen molar-refractivity contribution in [2.75, 3.05) is 0 Å². The highest BCUT2D eigenvalue weighted by Crippen LogP contribution is 2.29. The molecule has 0 spiro atoms. The third kappa shape index (κ3) is 1.84. The lowest BCUT2D eigenvalue weighted by Crippen LogP contribution is -1.87. The van der Waals surface area contributed by atoms with Crippen LogP contribution in [0.3, 0.4) is 0 Å². The van der Waals surface area contributed by atoms with Crippen LogP contribution in [0.25, 0.3) is 11.3 Å². The van der Waals surface area contributed by atoms with Gasteiger partial charge in [0.15, 0.2) is 0 Å². The van der Waals surface area contributed by atoms with E-state index in [1.807, 2.05) is 17.9 Å². The predicted molar refractivity (Wildman–Crippen MR) is 65.8 cm³/mol. The second-order valence-electron chi connectivity index (χ2n) is 3.81. The number of imidazole rings is 1. The van der Waals surface area contributed by atoms with Gasteiger partial charge in [-0.05, 0) is 35.3 Å². The Bertz CT molecular complexity index is 500. The Balaban J connectivity index is 2.59. The molecule has 0 atom stereocenters. The molecule has 78 valence electrons. The van der Waals surface area contributed by atoms with Gasteiger partial charge in [0, 0.05) is 12.6 Å². The van der Waals surface area contributed by atoms with Crippen molar-refractivity contribution in [1.29, 1.82) is 0 Å². The fraction of sp³-hybridized carbons (Fsp3) is 0.250. The number of aryl methyl sites for hydroxylation is 3. The quantitative estimate of drug-likeness (QED) is 0.772. The van der Waals surface area contributed by atoms with E-state index >= 15 is 0 Å². The van der Waals surface area contributed by atoms with E-state index in [-0.39, 0.29) is 0 Å². The first-order valence-electron chi connectivity index (χ1n) is 4.84. The van der Waals surface area contributed by atoms with Crippen molar-refractivity contribution >= 4 is 15.9 Å². The van der Waals surface area contributed by atoms with E-state index in [2.05, 4.69) is 53.0 Å². The van der Waals surface area contributed by atoms with Crippen molar-refractivity contribution in [3.8, 4) is 11.3 Å². The summed E-state index contributed by atoms with van der Waals surface area (Å²) in [5.41, 5.74) is 4.74. The first kappa shape index (κ1) is 10.4. The number of halogens is 1. The van der Waals surface area contributed by atoms with Gasteiger partial charge in [0.2, 0.25) is 0 Å². The summed E-state index contributed by atoms with van der Waals surface area (Å²) in [6.45, 7) is 4.22. The molecular formula is C12H13BrN2. The summed E-state index contributed by atoms with van der Waals surface area (Å²) >= 11 is 3.54. The Morgan fingerprint density at radius 1 is 1.27 bits per heavy atom. The highest BCUT2D eigenvalue weighted by Gasteiger charge is 2.10. The topological polar surface area (TPSA) is 17.8 Å². The summed E-state index contributed by atoms with van der Waals surface area (Å²) in [6, 6.07) is 6.41. The van der Waals surface area contributed by atoms with Crippen LogP contribution in [0.1, 0.15) is 11.1 Å². The lowest BCUT2D eigenvalue weighted by molar-refractivity contribution is 0.891. The summed E-state index contributed by atoms with van der Waals surface area (Å²) in [5, 5.41) is 0. The molecule has 0 fully saturated rings. The highest BCUT2D eigenvalue weighted by atomic mass is 79.9. The SMILES string of the molecule is Cc1ccc(-c2ncn(C)c2Br)c(C)c1. The van der Waals surface area contributed by atoms with Crippen molar-refractivity contribution < 1.29 is 0 Å². The third-order valence-corrected chi connectivity index (χ3v) is 3.44.